The Morgan fingerprint density at radius 1 is 0.942 bits per heavy atom. The minimum Gasteiger partial charge on any atom is -0.494 e. The quantitative estimate of drug-likeness (QED) is 0.0698. The molecule has 3 aromatic heterocycles. The number of amides is 1. The van der Waals surface area contributed by atoms with Crippen LogP contribution in [0.3, 0.4) is 0 Å². The van der Waals surface area contributed by atoms with E-state index < -0.39 is 27.3 Å². The summed E-state index contributed by atoms with van der Waals surface area (Å²) in [5.41, 5.74) is 4.37. The largest absolute Gasteiger partial charge is 0.494 e. The van der Waals surface area contributed by atoms with Gasteiger partial charge in [-0.15, -0.1) is 0 Å². The second-order valence-corrected chi connectivity index (χ2v) is 22.1. The summed E-state index contributed by atoms with van der Waals surface area (Å²) in [6.45, 7) is 10.8. The van der Waals surface area contributed by atoms with Gasteiger partial charge in [-0.3, -0.25) is 14.8 Å². The van der Waals surface area contributed by atoms with Gasteiger partial charge in [0.2, 0.25) is 0 Å². The highest BCUT2D eigenvalue weighted by Gasteiger charge is 2.49. The molecule has 10 rings (SSSR count). The highest BCUT2D eigenvalue weighted by atomic mass is 32.2. The molecule has 15 nitrogen and oxygen atoms in total. The number of rotatable bonds is 14. The molecular weight excluding hydrogens is 900 g/mol. The first-order valence-corrected chi connectivity index (χ1v) is 25.8. The molecule has 4 aliphatic rings. The number of ether oxygens (including phenoxy) is 3. The number of aromatic amines is 2. The monoisotopic (exact) mass is 962 g/mol. The molecule has 2 atom stereocenters. The number of likely N-dealkylation sites (tertiary alicyclic amines) is 1. The lowest BCUT2D eigenvalue weighted by Gasteiger charge is -2.57. The Labute approximate surface area is 402 Å². The predicted octanol–water partition coefficient (Wildman–Crippen LogP) is 9.22. The lowest BCUT2D eigenvalue weighted by atomic mass is 9.70. The van der Waals surface area contributed by atoms with Gasteiger partial charge in [-0.2, -0.15) is 10.1 Å². The Hall–Kier alpha value is -5.91. The van der Waals surface area contributed by atoms with Crippen molar-refractivity contribution < 1.29 is 36.9 Å². The molecule has 1 spiro atoms. The number of hydrogen-bond acceptors (Lipinski definition) is 12. The molecule has 17 heteroatoms. The molecule has 0 bridgehead atoms. The number of aliphatic hydroxyl groups is 1. The maximum absolute atomic E-state index is 14.9. The van der Waals surface area contributed by atoms with Crippen LogP contribution in [0.15, 0.2) is 71.9 Å². The number of piperidine rings is 1. The average molecular weight is 963 g/mol. The summed E-state index contributed by atoms with van der Waals surface area (Å²) in [5, 5.41) is 21.5. The van der Waals surface area contributed by atoms with Crippen LogP contribution in [0.4, 0.5) is 15.8 Å². The van der Waals surface area contributed by atoms with E-state index in [4.69, 9.17) is 14.2 Å². The molecule has 2 aliphatic carbocycles. The predicted molar refractivity (Wildman–Crippen MR) is 264 cm³/mol. The third-order valence-electron chi connectivity index (χ3n) is 15.5. The highest BCUT2D eigenvalue weighted by molar-refractivity contribution is 7.90. The van der Waals surface area contributed by atoms with Crippen LogP contribution in [0.5, 0.6) is 23.1 Å². The van der Waals surface area contributed by atoms with Gasteiger partial charge >= 0.3 is 0 Å². The summed E-state index contributed by atoms with van der Waals surface area (Å²) in [5.74, 6) is 0.200. The van der Waals surface area contributed by atoms with Crippen LogP contribution in [-0.2, 0) is 10.0 Å². The third kappa shape index (κ3) is 9.09. The van der Waals surface area contributed by atoms with Gasteiger partial charge in [0.15, 0.2) is 5.75 Å². The first kappa shape index (κ1) is 46.8. The minimum atomic E-state index is -4.56. The number of benzene rings is 3. The number of fused-ring (bicyclic) bond motifs is 2. The highest BCUT2D eigenvalue weighted by Crippen LogP contribution is 2.49. The van der Waals surface area contributed by atoms with Crippen LogP contribution in [-0.4, -0.2) is 103 Å². The van der Waals surface area contributed by atoms with Crippen molar-refractivity contribution in [1.29, 1.82) is 0 Å². The number of methoxy groups -OCH3 is 2. The number of anilines is 2. The Morgan fingerprint density at radius 3 is 2.45 bits per heavy atom. The second kappa shape index (κ2) is 18.4. The van der Waals surface area contributed by atoms with Crippen LogP contribution in [0.1, 0.15) is 112 Å². The van der Waals surface area contributed by atoms with E-state index in [9.17, 15) is 22.7 Å². The number of carbonyl (C=O) groups is 1. The molecular formula is C52H63FN8O7S. The molecule has 4 fully saturated rings. The molecule has 5 heterocycles. The van der Waals surface area contributed by atoms with Crippen molar-refractivity contribution in [1.82, 2.24) is 29.8 Å². The summed E-state index contributed by atoms with van der Waals surface area (Å²) < 4.78 is 63.6. The molecule has 6 aromatic rings. The fraction of sp³-hybridized carbons (Fsp3) is 0.481. The SMILES string of the molecule is COc1cc(S(=O)(=O)NC(=O)c2ccc(N3CCC4(CC3)CN([C@H]3CCCC3c3ccccc3C(C)C)C4)cc2Oc2cc3c(F)c[nH]c3nc2OC)c2c[nH]nc2c1NC[C@H]1CC[C@](C)(O)CC1. The molecule has 3 aromatic carbocycles. The fourth-order valence-electron chi connectivity index (χ4n) is 11.6. The van der Waals surface area contributed by atoms with Crippen molar-refractivity contribution in [2.24, 2.45) is 11.3 Å². The van der Waals surface area contributed by atoms with Gasteiger partial charge < -0.3 is 34.5 Å². The lowest BCUT2D eigenvalue weighted by Crippen LogP contribution is -2.63. The van der Waals surface area contributed by atoms with Gasteiger partial charge in [-0.05, 0) is 105 Å². The Balaban J connectivity index is 0.890. The van der Waals surface area contributed by atoms with Crippen LogP contribution in [0.25, 0.3) is 21.9 Å². The smallest absolute Gasteiger partial charge is 0.268 e. The number of pyridine rings is 1. The Bertz CT molecular complexity index is 2980. The van der Waals surface area contributed by atoms with E-state index in [1.54, 1.807) is 12.1 Å². The van der Waals surface area contributed by atoms with E-state index in [1.165, 1.54) is 69.1 Å². The number of carbonyl (C=O) groups excluding carboxylic acids is 1. The zero-order chi connectivity index (χ0) is 48.2. The average Bonchev–Trinajstić information content (AvgIpc) is 4.10. The topological polar surface area (TPSA) is 187 Å². The van der Waals surface area contributed by atoms with Crippen LogP contribution in [0.2, 0.25) is 0 Å². The van der Waals surface area contributed by atoms with Gasteiger partial charge in [-0.25, -0.2) is 17.5 Å². The van der Waals surface area contributed by atoms with Gasteiger partial charge in [-0.1, -0.05) is 44.5 Å². The number of halogens is 1. The van der Waals surface area contributed by atoms with E-state index in [0.29, 0.717) is 54.4 Å². The number of nitrogens with one attached hydrogen (secondary N) is 4. The zero-order valence-corrected chi connectivity index (χ0v) is 40.8. The maximum Gasteiger partial charge on any atom is 0.268 e. The van der Waals surface area contributed by atoms with Crippen molar-refractivity contribution in [3.63, 3.8) is 0 Å². The molecule has 1 amide bonds. The molecule has 2 aliphatic heterocycles. The third-order valence-corrected chi connectivity index (χ3v) is 16.9. The van der Waals surface area contributed by atoms with E-state index in [0.717, 1.165) is 57.5 Å². The van der Waals surface area contributed by atoms with Gasteiger partial charge in [0.05, 0.1) is 30.8 Å². The number of H-pyrrole nitrogens is 2. The second-order valence-electron chi connectivity index (χ2n) is 20.4. The molecule has 2 saturated carbocycles. The minimum absolute atomic E-state index is 0.0365. The number of hydrogen-bond donors (Lipinski definition) is 5. The number of nitrogens with zero attached hydrogens (tertiary/aromatic N) is 4. The van der Waals surface area contributed by atoms with E-state index >= 15 is 0 Å². The number of aromatic nitrogens is 4. The van der Waals surface area contributed by atoms with E-state index in [1.807, 2.05) is 13.0 Å². The molecule has 0 radical (unpaired) electrons. The molecule has 1 unspecified atom stereocenters. The van der Waals surface area contributed by atoms with Crippen molar-refractivity contribution in [2.75, 3.05) is 57.2 Å². The Kier molecular flexibility index (Phi) is 12.5. The summed E-state index contributed by atoms with van der Waals surface area (Å²) >= 11 is 0. The van der Waals surface area contributed by atoms with E-state index in [-0.39, 0.29) is 55.4 Å². The summed E-state index contributed by atoms with van der Waals surface area (Å²) in [6, 6.07) is 17.5. The molecule has 2 saturated heterocycles. The van der Waals surface area contributed by atoms with Crippen LogP contribution >= 0.6 is 0 Å². The fourth-order valence-corrected chi connectivity index (χ4v) is 12.8. The Morgan fingerprint density at radius 2 is 1.71 bits per heavy atom. The lowest BCUT2D eigenvalue weighted by molar-refractivity contribution is -0.0493. The normalized spacial score (nSPS) is 22.8. The van der Waals surface area contributed by atoms with E-state index in [2.05, 4.69) is 78.1 Å². The van der Waals surface area contributed by atoms with Crippen molar-refractivity contribution in [2.45, 2.75) is 107 Å². The first-order chi connectivity index (χ1) is 33.1. The van der Waals surface area contributed by atoms with Gasteiger partial charge in [0, 0.05) is 80.4 Å². The molecule has 69 heavy (non-hydrogen) atoms. The first-order valence-electron chi connectivity index (χ1n) is 24.3. The van der Waals surface area contributed by atoms with Crippen molar-refractivity contribution in [3.8, 4) is 23.1 Å². The summed E-state index contributed by atoms with van der Waals surface area (Å²) in [6.07, 6.45) is 11.4. The number of sulfonamides is 1. The standard InChI is InChI=1S/C52H63FN8O7S/c1-31(2)34-9-6-7-10-35(34)36-11-8-12-41(36)61-29-52(30-61)19-21-60(22-20-52)33-13-14-37(42(23-33)68-44-24-38-40(53)28-55-48(38)57-50(44)67-5)49(62)59-69(64,65)45-25-43(66-4)47(46-39(45)27-56-58-46)54-26-32-15-17-51(3,63)18-16-32/h6-7,9-10,13-14,23-25,27-28,31-32,36,41,54,63H,8,11-12,15-22,26,29-30H2,1-5H3,(H,55,57)(H,56,58)(H,59,62)/t32-,36?,41-,51-/m0/s1. The molecule has 366 valence electrons. The van der Waals surface area contributed by atoms with Crippen molar-refractivity contribution >= 4 is 49.2 Å². The van der Waals surface area contributed by atoms with Crippen LogP contribution in [0, 0.1) is 17.2 Å². The van der Waals surface area contributed by atoms with Crippen molar-refractivity contribution in [3.05, 3.63) is 89.5 Å². The van der Waals surface area contributed by atoms with Gasteiger partial charge in [0.1, 0.15) is 39.1 Å². The maximum atomic E-state index is 14.9. The van der Waals surface area contributed by atoms with Gasteiger partial charge in [0.25, 0.3) is 21.8 Å². The van der Waals surface area contributed by atoms with Crippen LogP contribution < -0.4 is 29.1 Å². The zero-order valence-electron chi connectivity index (χ0n) is 40.0. The summed E-state index contributed by atoms with van der Waals surface area (Å²) in [7, 11) is -1.71. The molecule has 5 N–H and O–H groups in total. The summed E-state index contributed by atoms with van der Waals surface area (Å²) in [4.78, 5) is 26.4.